The molecule has 4 heteroatoms. The van der Waals surface area contributed by atoms with Crippen LogP contribution in [0, 0.1) is 0 Å². The molecule has 3 nitrogen and oxygen atoms in total. The van der Waals surface area contributed by atoms with E-state index < -0.39 is 0 Å². The Morgan fingerprint density at radius 3 is 2.80 bits per heavy atom. The summed E-state index contributed by atoms with van der Waals surface area (Å²) >= 11 is 6.06. The lowest BCUT2D eigenvalue weighted by atomic mass is 10.1. The van der Waals surface area contributed by atoms with Crippen LogP contribution in [0.2, 0.25) is 5.02 Å². The van der Waals surface area contributed by atoms with Crippen molar-refractivity contribution in [2.45, 2.75) is 19.5 Å². The molecule has 0 saturated heterocycles. The molecule has 0 bridgehead atoms. The summed E-state index contributed by atoms with van der Waals surface area (Å²) in [5.41, 5.74) is 2.46. The number of aromatic nitrogens is 1. The van der Waals surface area contributed by atoms with Crippen LogP contribution in [0.25, 0.3) is 0 Å². The van der Waals surface area contributed by atoms with Gasteiger partial charge >= 0.3 is 0 Å². The molecule has 0 spiro atoms. The molecule has 0 aliphatic heterocycles. The number of halogens is 1. The van der Waals surface area contributed by atoms with Gasteiger partial charge in [-0.1, -0.05) is 23.7 Å². The van der Waals surface area contributed by atoms with Crippen LogP contribution in [0.1, 0.15) is 24.1 Å². The zero-order valence-corrected chi connectivity index (χ0v) is 12.9. The molecule has 1 unspecified atom stereocenters. The van der Waals surface area contributed by atoms with E-state index in [-0.39, 0.29) is 0 Å². The average molecular weight is 290 g/mol. The molecule has 2 aromatic rings. The van der Waals surface area contributed by atoms with Crippen LogP contribution < -0.4 is 5.32 Å². The number of hydrogen-bond donors (Lipinski definition) is 1. The third kappa shape index (κ3) is 3.71. The van der Waals surface area contributed by atoms with Crippen molar-refractivity contribution < 1.29 is 0 Å². The lowest BCUT2D eigenvalue weighted by Crippen LogP contribution is -2.22. The molecule has 0 radical (unpaired) electrons. The van der Waals surface area contributed by atoms with Crippen molar-refractivity contribution in [1.29, 1.82) is 0 Å². The number of anilines is 1. The second-order valence-electron chi connectivity index (χ2n) is 4.95. The van der Waals surface area contributed by atoms with E-state index in [0.29, 0.717) is 6.04 Å². The topological polar surface area (TPSA) is 28.2 Å². The zero-order chi connectivity index (χ0) is 14.5. The molecule has 106 valence electrons. The van der Waals surface area contributed by atoms with Crippen LogP contribution in [0.3, 0.4) is 0 Å². The summed E-state index contributed by atoms with van der Waals surface area (Å²) < 4.78 is 0. The van der Waals surface area contributed by atoms with Gasteiger partial charge in [0.05, 0.1) is 0 Å². The number of nitrogens with zero attached hydrogens (tertiary/aromatic N) is 2. The molecule has 1 atom stereocenters. The molecule has 1 aromatic heterocycles. The van der Waals surface area contributed by atoms with Crippen molar-refractivity contribution in [3.8, 4) is 0 Å². The van der Waals surface area contributed by atoms with E-state index in [1.807, 2.05) is 37.5 Å². The maximum absolute atomic E-state index is 6.06. The van der Waals surface area contributed by atoms with Gasteiger partial charge in [0.15, 0.2) is 0 Å². The summed E-state index contributed by atoms with van der Waals surface area (Å²) in [7, 11) is 4.00. The van der Waals surface area contributed by atoms with E-state index in [2.05, 4.69) is 41.3 Å². The average Bonchev–Trinajstić information content (AvgIpc) is 2.46. The van der Waals surface area contributed by atoms with Gasteiger partial charge in [-0.05, 0) is 49.4 Å². The summed E-state index contributed by atoms with van der Waals surface area (Å²) in [5.74, 6) is 0.895. The van der Waals surface area contributed by atoms with Crippen LogP contribution in [-0.4, -0.2) is 24.0 Å². The van der Waals surface area contributed by atoms with Crippen LogP contribution in [0.4, 0.5) is 5.82 Å². The maximum Gasteiger partial charge on any atom is 0.125 e. The number of benzene rings is 1. The largest absolute Gasteiger partial charge is 0.373 e. The summed E-state index contributed by atoms with van der Waals surface area (Å²) in [5, 5.41) is 3.84. The first-order chi connectivity index (χ1) is 9.60. The Morgan fingerprint density at radius 1 is 1.30 bits per heavy atom. The second-order valence-corrected chi connectivity index (χ2v) is 5.38. The van der Waals surface area contributed by atoms with Gasteiger partial charge in [0.25, 0.3) is 0 Å². The van der Waals surface area contributed by atoms with Gasteiger partial charge in [0, 0.05) is 30.9 Å². The lowest BCUT2D eigenvalue weighted by molar-refractivity contribution is 0.253. The van der Waals surface area contributed by atoms with Crippen molar-refractivity contribution in [2.24, 2.45) is 0 Å². The van der Waals surface area contributed by atoms with E-state index in [4.69, 9.17) is 11.6 Å². The third-order valence-electron chi connectivity index (χ3n) is 3.50. The van der Waals surface area contributed by atoms with E-state index in [1.54, 1.807) is 0 Å². The Morgan fingerprint density at radius 2 is 2.10 bits per heavy atom. The molecule has 2 rings (SSSR count). The Bertz CT molecular complexity index is 571. The SMILES string of the molecule is CNc1cc(CN(C)C(C)c2cccc(Cl)c2)ccn1. The molecule has 0 fully saturated rings. The smallest absolute Gasteiger partial charge is 0.125 e. The van der Waals surface area contributed by atoms with Crippen molar-refractivity contribution in [2.75, 3.05) is 19.4 Å². The Hall–Kier alpha value is -1.58. The highest BCUT2D eigenvalue weighted by atomic mass is 35.5. The fourth-order valence-electron chi connectivity index (χ4n) is 2.16. The highest BCUT2D eigenvalue weighted by Crippen LogP contribution is 2.23. The number of rotatable bonds is 5. The minimum atomic E-state index is 0.305. The van der Waals surface area contributed by atoms with Gasteiger partial charge in [-0.25, -0.2) is 4.98 Å². The van der Waals surface area contributed by atoms with Gasteiger partial charge in [0.1, 0.15) is 5.82 Å². The van der Waals surface area contributed by atoms with E-state index in [0.717, 1.165) is 17.4 Å². The molecular formula is C16H20ClN3. The quantitative estimate of drug-likeness (QED) is 0.903. The van der Waals surface area contributed by atoms with Crippen molar-refractivity contribution >= 4 is 17.4 Å². The fraction of sp³-hybridized carbons (Fsp3) is 0.312. The summed E-state index contributed by atoms with van der Waals surface area (Å²) in [6, 6.07) is 12.4. The Labute approximate surface area is 125 Å². The molecule has 0 aliphatic carbocycles. The number of nitrogens with one attached hydrogen (secondary N) is 1. The highest BCUT2D eigenvalue weighted by Gasteiger charge is 2.12. The molecule has 1 heterocycles. The van der Waals surface area contributed by atoms with Gasteiger partial charge in [-0.3, -0.25) is 4.90 Å². The summed E-state index contributed by atoms with van der Waals surface area (Å²) in [6.07, 6.45) is 1.83. The molecule has 0 aliphatic rings. The van der Waals surface area contributed by atoms with Crippen molar-refractivity contribution in [1.82, 2.24) is 9.88 Å². The molecule has 0 amide bonds. The zero-order valence-electron chi connectivity index (χ0n) is 12.1. The van der Waals surface area contributed by atoms with Crippen molar-refractivity contribution in [3.05, 3.63) is 58.7 Å². The second kappa shape index (κ2) is 6.73. The minimum absolute atomic E-state index is 0.305. The monoisotopic (exact) mass is 289 g/mol. The predicted octanol–water partition coefficient (Wildman–Crippen LogP) is 3.97. The molecular weight excluding hydrogens is 270 g/mol. The summed E-state index contributed by atoms with van der Waals surface area (Å²) in [4.78, 5) is 6.52. The van der Waals surface area contributed by atoms with Crippen molar-refractivity contribution in [3.63, 3.8) is 0 Å². The predicted molar refractivity (Wildman–Crippen MR) is 85.1 cm³/mol. The first-order valence-corrected chi connectivity index (χ1v) is 7.06. The first kappa shape index (κ1) is 14.8. The number of pyridine rings is 1. The third-order valence-corrected chi connectivity index (χ3v) is 3.74. The van der Waals surface area contributed by atoms with E-state index >= 15 is 0 Å². The van der Waals surface area contributed by atoms with E-state index in [9.17, 15) is 0 Å². The molecule has 1 N–H and O–H groups in total. The minimum Gasteiger partial charge on any atom is -0.373 e. The normalized spacial score (nSPS) is 12.4. The molecule has 20 heavy (non-hydrogen) atoms. The van der Waals surface area contributed by atoms with Gasteiger partial charge < -0.3 is 5.32 Å². The maximum atomic E-state index is 6.06. The van der Waals surface area contributed by atoms with Crippen LogP contribution >= 0.6 is 11.6 Å². The van der Waals surface area contributed by atoms with Gasteiger partial charge in [0.2, 0.25) is 0 Å². The van der Waals surface area contributed by atoms with Crippen LogP contribution in [0.15, 0.2) is 42.6 Å². The first-order valence-electron chi connectivity index (χ1n) is 6.68. The highest BCUT2D eigenvalue weighted by molar-refractivity contribution is 6.30. The van der Waals surface area contributed by atoms with Crippen LogP contribution in [0.5, 0.6) is 0 Å². The Balaban J connectivity index is 2.09. The standard InChI is InChI=1S/C16H20ClN3/c1-12(14-5-4-6-15(17)10-14)20(3)11-13-7-8-19-16(9-13)18-2/h4-10,12H,11H2,1-3H3,(H,18,19). The summed E-state index contributed by atoms with van der Waals surface area (Å²) in [6.45, 7) is 3.05. The van der Waals surface area contributed by atoms with Gasteiger partial charge in [-0.2, -0.15) is 0 Å². The van der Waals surface area contributed by atoms with Gasteiger partial charge in [-0.15, -0.1) is 0 Å². The molecule has 1 aromatic carbocycles. The fourth-order valence-corrected chi connectivity index (χ4v) is 2.35. The Kier molecular flexibility index (Phi) is 4.99. The van der Waals surface area contributed by atoms with E-state index in [1.165, 1.54) is 11.1 Å². The number of hydrogen-bond acceptors (Lipinski definition) is 3. The lowest BCUT2D eigenvalue weighted by Gasteiger charge is -2.25. The van der Waals surface area contributed by atoms with Crippen LogP contribution in [-0.2, 0) is 6.54 Å². The molecule has 0 saturated carbocycles.